The molecule has 0 unspecified atom stereocenters. The van der Waals surface area contributed by atoms with Gasteiger partial charge in [0.1, 0.15) is 11.5 Å². The van der Waals surface area contributed by atoms with Crippen molar-refractivity contribution in [3.05, 3.63) is 72.1 Å². The van der Waals surface area contributed by atoms with Gasteiger partial charge in [-0.1, -0.05) is 12.1 Å². The van der Waals surface area contributed by atoms with E-state index >= 15 is 0 Å². The van der Waals surface area contributed by atoms with Crippen molar-refractivity contribution < 1.29 is 22.6 Å². The Bertz CT molecular complexity index is 989. The van der Waals surface area contributed by atoms with Gasteiger partial charge in [0.05, 0.1) is 31.6 Å². The molecule has 166 valence electrons. The van der Waals surface area contributed by atoms with Gasteiger partial charge in [0.2, 0.25) is 0 Å². The number of halogens is 4. The molecule has 0 amide bonds. The van der Waals surface area contributed by atoms with Gasteiger partial charge in [-0.05, 0) is 48.0 Å². The Hall–Kier alpha value is -2.96. The normalized spacial score (nSPS) is 11.5. The Kier molecular flexibility index (Phi) is 8.54. The molecule has 0 saturated heterocycles. The number of guanidine groups is 1. The van der Waals surface area contributed by atoms with Crippen molar-refractivity contribution in [3.63, 3.8) is 0 Å². The number of alkyl halides is 3. The number of hydrogen-bond acceptors (Lipinski definition) is 4. The maximum atomic E-state index is 12.2. The maximum Gasteiger partial charge on any atom is 0.573 e. The van der Waals surface area contributed by atoms with Crippen LogP contribution in [0.1, 0.15) is 11.3 Å². The molecule has 3 N–H and O–H groups in total. The van der Waals surface area contributed by atoms with E-state index in [1.807, 2.05) is 36.5 Å². The maximum absolute atomic E-state index is 12.2. The second-order valence-corrected chi connectivity index (χ2v) is 6.20. The highest BCUT2D eigenvalue weighted by Gasteiger charge is 2.30. The van der Waals surface area contributed by atoms with Crippen LogP contribution in [0.15, 0.2) is 65.8 Å². The molecular weight excluding hydrogens is 526 g/mol. The van der Waals surface area contributed by atoms with E-state index in [0.717, 1.165) is 17.1 Å². The third-order valence-corrected chi connectivity index (χ3v) is 4.02. The van der Waals surface area contributed by atoms with Gasteiger partial charge in [-0.25, -0.2) is 9.67 Å². The quantitative estimate of drug-likeness (QED) is 0.266. The first kappa shape index (κ1) is 24.3. The van der Waals surface area contributed by atoms with Gasteiger partial charge >= 0.3 is 6.36 Å². The molecule has 0 bridgehead atoms. The zero-order valence-corrected chi connectivity index (χ0v) is 18.8. The van der Waals surface area contributed by atoms with Crippen LogP contribution in [0, 0.1) is 0 Å². The lowest BCUT2D eigenvalue weighted by atomic mass is 10.2. The van der Waals surface area contributed by atoms with Crippen LogP contribution in [0.4, 0.5) is 13.2 Å². The highest BCUT2D eigenvalue weighted by molar-refractivity contribution is 14.0. The number of hydrogen-bond donors (Lipinski definition) is 2. The van der Waals surface area contributed by atoms with Crippen molar-refractivity contribution in [1.82, 2.24) is 15.1 Å². The molecule has 0 fully saturated rings. The largest absolute Gasteiger partial charge is 0.573 e. The molecular formula is C20H21F3IN5O2. The first-order valence-electron chi connectivity index (χ1n) is 8.90. The van der Waals surface area contributed by atoms with Gasteiger partial charge in [0, 0.05) is 6.20 Å². The molecule has 1 aromatic heterocycles. The van der Waals surface area contributed by atoms with Crippen LogP contribution < -0.4 is 20.5 Å². The summed E-state index contributed by atoms with van der Waals surface area (Å²) in [5, 5.41) is 7.42. The van der Waals surface area contributed by atoms with E-state index in [4.69, 9.17) is 10.5 Å². The number of nitrogens with two attached hydrogens (primary N) is 1. The fourth-order valence-electron chi connectivity index (χ4n) is 2.54. The molecule has 0 radical (unpaired) electrons. The predicted octanol–water partition coefficient (Wildman–Crippen LogP) is 4.00. The molecule has 0 aliphatic heterocycles. The van der Waals surface area contributed by atoms with E-state index in [-0.39, 0.29) is 42.2 Å². The zero-order chi connectivity index (χ0) is 21.6. The number of benzene rings is 2. The molecule has 7 nitrogen and oxygen atoms in total. The molecule has 31 heavy (non-hydrogen) atoms. The molecule has 0 aliphatic rings. The lowest BCUT2D eigenvalue weighted by Crippen LogP contribution is -2.31. The fraction of sp³-hybridized carbons (Fsp3) is 0.200. The molecule has 3 rings (SSSR count). The van der Waals surface area contributed by atoms with E-state index in [9.17, 15) is 13.2 Å². The van der Waals surface area contributed by atoms with Crippen molar-refractivity contribution in [2.24, 2.45) is 10.7 Å². The summed E-state index contributed by atoms with van der Waals surface area (Å²) in [5.41, 5.74) is 8.19. The smallest absolute Gasteiger partial charge is 0.497 e. The van der Waals surface area contributed by atoms with Crippen molar-refractivity contribution in [1.29, 1.82) is 0 Å². The van der Waals surface area contributed by atoms with E-state index in [1.165, 1.54) is 24.3 Å². The Labute approximate surface area is 194 Å². The highest BCUT2D eigenvalue weighted by Crippen LogP contribution is 2.22. The molecule has 2 aromatic carbocycles. The minimum absolute atomic E-state index is 0. The lowest BCUT2D eigenvalue weighted by Gasteiger charge is -2.09. The molecule has 0 atom stereocenters. The first-order valence-corrected chi connectivity index (χ1v) is 8.90. The van der Waals surface area contributed by atoms with Crippen molar-refractivity contribution in [2.45, 2.75) is 19.5 Å². The molecule has 11 heteroatoms. The Balaban J connectivity index is 0.00000341. The second kappa shape index (κ2) is 10.9. The first-order chi connectivity index (χ1) is 14.3. The number of nitrogens with one attached hydrogen (secondary N) is 1. The standard InChI is InChI=1S/C20H20F3N5O2.HI/c1-29-17-8-4-16(5-9-17)28-11-10-15(27-28)13-26-19(24)25-12-14-2-6-18(7-3-14)30-20(21,22)23;/h2-11H,12-13H2,1H3,(H3,24,25,26);1H. The van der Waals surface area contributed by atoms with Gasteiger partial charge in [-0.3, -0.25) is 0 Å². The Morgan fingerprint density at radius 3 is 2.32 bits per heavy atom. The summed E-state index contributed by atoms with van der Waals surface area (Å²) in [5.74, 6) is 0.678. The third-order valence-electron chi connectivity index (χ3n) is 4.02. The number of aromatic nitrogens is 2. The molecule has 0 aliphatic carbocycles. The van der Waals surface area contributed by atoms with E-state index in [0.29, 0.717) is 12.1 Å². The lowest BCUT2D eigenvalue weighted by molar-refractivity contribution is -0.274. The van der Waals surface area contributed by atoms with Crippen LogP contribution in [0.2, 0.25) is 0 Å². The van der Waals surface area contributed by atoms with Crippen LogP contribution in [-0.2, 0) is 13.1 Å². The second-order valence-electron chi connectivity index (χ2n) is 6.20. The SMILES string of the molecule is COc1ccc(-n2ccc(CNC(N)=NCc3ccc(OC(F)(F)F)cc3)n2)cc1.I. The zero-order valence-electron chi connectivity index (χ0n) is 16.5. The van der Waals surface area contributed by atoms with Crippen LogP contribution in [0.5, 0.6) is 11.5 Å². The number of methoxy groups -OCH3 is 1. The van der Waals surface area contributed by atoms with E-state index in [1.54, 1.807) is 11.8 Å². The fourth-order valence-corrected chi connectivity index (χ4v) is 2.54. The predicted molar refractivity (Wildman–Crippen MR) is 121 cm³/mol. The van der Waals surface area contributed by atoms with Gasteiger partial charge in [0.15, 0.2) is 5.96 Å². The van der Waals surface area contributed by atoms with E-state index < -0.39 is 6.36 Å². The monoisotopic (exact) mass is 547 g/mol. The van der Waals surface area contributed by atoms with Crippen LogP contribution in [0.3, 0.4) is 0 Å². The van der Waals surface area contributed by atoms with Gasteiger partial charge in [-0.2, -0.15) is 5.10 Å². The van der Waals surface area contributed by atoms with Crippen molar-refractivity contribution in [2.75, 3.05) is 7.11 Å². The molecule has 0 spiro atoms. The van der Waals surface area contributed by atoms with Crippen LogP contribution in [-0.4, -0.2) is 29.2 Å². The van der Waals surface area contributed by atoms with Crippen molar-refractivity contribution in [3.8, 4) is 17.2 Å². The average Bonchev–Trinajstić information content (AvgIpc) is 3.20. The Morgan fingerprint density at radius 2 is 1.71 bits per heavy atom. The summed E-state index contributed by atoms with van der Waals surface area (Å²) < 4.78 is 47.2. The third kappa shape index (κ3) is 7.66. The van der Waals surface area contributed by atoms with Crippen LogP contribution >= 0.6 is 24.0 Å². The number of aliphatic imine (C=N–C) groups is 1. The number of nitrogens with zero attached hydrogens (tertiary/aromatic N) is 3. The molecule has 1 heterocycles. The summed E-state index contributed by atoms with van der Waals surface area (Å²) in [6.07, 6.45) is -2.88. The van der Waals surface area contributed by atoms with Gasteiger partial charge in [-0.15, -0.1) is 37.1 Å². The summed E-state index contributed by atoms with van der Waals surface area (Å²) in [6.45, 7) is 0.586. The van der Waals surface area contributed by atoms with Gasteiger partial charge < -0.3 is 20.5 Å². The summed E-state index contributed by atoms with van der Waals surface area (Å²) in [7, 11) is 1.61. The minimum Gasteiger partial charge on any atom is -0.497 e. The average molecular weight is 547 g/mol. The summed E-state index contributed by atoms with van der Waals surface area (Å²) >= 11 is 0. The number of rotatable bonds is 7. The van der Waals surface area contributed by atoms with Crippen LogP contribution in [0.25, 0.3) is 5.69 Å². The highest BCUT2D eigenvalue weighted by atomic mass is 127. The summed E-state index contributed by atoms with van der Waals surface area (Å²) in [6, 6.07) is 14.8. The topological polar surface area (TPSA) is 86.7 Å². The minimum atomic E-state index is -4.71. The number of ether oxygens (including phenoxy) is 2. The van der Waals surface area contributed by atoms with Gasteiger partial charge in [0.25, 0.3) is 0 Å². The molecule has 0 saturated carbocycles. The van der Waals surface area contributed by atoms with Crippen molar-refractivity contribution >= 4 is 29.9 Å². The molecule has 3 aromatic rings. The summed E-state index contributed by atoms with van der Waals surface area (Å²) in [4.78, 5) is 4.17. The Morgan fingerprint density at radius 1 is 1.06 bits per heavy atom. The van der Waals surface area contributed by atoms with E-state index in [2.05, 4.69) is 20.1 Å².